The maximum absolute atomic E-state index is 12.2. The van der Waals surface area contributed by atoms with E-state index >= 15 is 0 Å². The highest BCUT2D eigenvalue weighted by Crippen LogP contribution is 2.30. The molecule has 1 aliphatic rings. The molecule has 2 heterocycles. The molecule has 1 aliphatic heterocycles. The van der Waals surface area contributed by atoms with Crippen LogP contribution in [0.25, 0.3) is 0 Å². The van der Waals surface area contributed by atoms with Crippen LogP contribution in [0.15, 0.2) is 6.20 Å². The highest BCUT2D eigenvalue weighted by atomic mass is 16.4. The van der Waals surface area contributed by atoms with Crippen LogP contribution in [-0.2, 0) is 4.79 Å². The molecule has 116 valence electrons. The van der Waals surface area contributed by atoms with Gasteiger partial charge >= 0.3 is 5.97 Å². The molecule has 1 aromatic rings. The lowest BCUT2D eigenvalue weighted by Crippen LogP contribution is -2.57. The molecule has 0 saturated carbocycles. The van der Waals surface area contributed by atoms with E-state index in [1.54, 1.807) is 38.6 Å². The van der Waals surface area contributed by atoms with E-state index in [1.807, 2.05) is 0 Å². The van der Waals surface area contributed by atoms with Gasteiger partial charge in [-0.15, -0.1) is 5.10 Å². The fourth-order valence-corrected chi connectivity index (χ4v) is 1.79. The van der Waals surface area contributed by atoms with E-state index in [0.29, 0.717) is 0 Å². The van der Waals surface area contributed by atoms with Crippen molar-refractivity contribution in [1.82, 2.24) is 25.6 Å². The second-order valence-electron chi connectivity index (χ2n) is 6.41. The first-order valence-electron chi connectivity index (χ1n) is 6.83. The van der Waals surface area contributed by atoms with Crippen LogP contribution < -0.4 is 10.6 Å². The van der Waals surface area contributed by atoms with Crippen molar-refractivity contribution >= 4 is 11.9 Å². The van der Waals surface area contributed by atoms with Gasteiger partial charge in [-0.05, 0) is 27.7 Å². The molecule has 0 unspecified atom stereocenters. The first-order valence-corrected chi connectivity index (χ1v) is 6.83. The molecule has 2 rings (SSSR count). The molecule has 8 heteroatoms. The number of hydrogen-bond donors (Lipinski definition) is 3. The van der Waals surface area contributed by atoms with Crippen molar-refractivity contribution in [3.63, 3.8) is 0 Å². The topological polar surface area (TPSA) is 109 Å². The summed E-state index contributed by atoms with van der Waals surface area (Å²) in [5.41, 5.74) is -1.86. The molecule has 0 radical (unpaired) electrons. The van der Waals surface area contributed by atoms with Gasteiger partial charge in [0.05, 0.1) is 23.2 Å². The van der Waals surface area contributed by atoms with Gasteiger partial charge in [0.1, 0.15) is 0 Å². The van der Waals surface area contributed by atoms with Crippen LogP contribution in [0.5, 0.6) is 0 Å². The van der Waals surface area contributed by atoms with E-state index in [1.165, 1.54) is 0 Å². The predicted octanol–water partition coefficient (Wildman–Crippen LogP) is 0.0416. The number of rotatable bonds is 5. The first-order chi connectivity index (χ1) is 9.65. The Kier molecular flexibility index (Phi) is 3.75. The number of nitrogens with zero attached hydrogens (tertiary/aromatic N) is 3. The number of aliphatic carboxylic acids is 1. The standard InChI is InChI=1S/C13H21N5O3/c1-12(2,11(20)21)13(3,4)15-10(19)9-7-18(17-16-9)8-5-14-6-8/h7-8,14H,5-6H2,1-4H3,(H,15,19)(H,20,21). The van der Waals surface area contributed by atoms with Crippen LogP contribution >= 0.6 is 0 Å². The van der Waals surface area contributed by atoms with Crippen LogP contribution in [0.2, 0.25) is 0 Å². The van der Waals surface area contributed by atoms with Crippen molar-refractivity contribution < 1.29 is 14.7 Å². The van der Waals surface area contributed by atoms with E-state index in [0.717, 1.165) is 13.1 Å². The van der Waals surface area contributed by atoms with E-state index in [2.05, 4.69) is 20.9 Å². The summed E-state index contributed by atoms with van der Waals surface area (Å²) >= 11 is 0. The molecule has 1 amide bonds. The van der Waals surface area contributed by atoms with E-state index in [4.69, 9.17) is 0 Å². The Balaban J connectivity index is 2.10. The number of carbonyl (C=O) groups is 2. The second kappa shape index (κ2) is 5.10. The largest absolute Gasteiger partial charge is 0.481 e. The molecule has 0 bridgehead atoms. The Morgan fingerprint density at radius 2 is 2.00 bits per heavy atom. The minimum atomic E-state index is -1.11. The Labute approximate surface area is 122 Å². The lowest BCUT2D eigenvalue weighted by molar-refractivity contribution is -0.150. The van der Waals surface area contributed by atoms with E-state index in [9.17, 15) is 14.7 Å². The summed E-state index contributed by atoms with van der Waals surface area (Å²) < 4.78 is 1.65. The maximum Gasteiger partial charge on any atom is 0.311 e. The Morgan fingerprint density at radius 3 is 2.48 bits per heavy atom. The fourth-order valence-electron chi connectivity index (χ4n) is 1.79. The molecule has 21 heavy (non-hydrogen) atoms. The number of amides is 1. The van der Waals surface area contributed by atoms with Crippen LogP contribution in [0.4, 0.5) is 0 Å². The van der Waals surface area contributed by atoms with Crippen molar-refractivity contribution in [3.8, 4) is 0 Å². The molecule has 0 atom stereocenters. The van der Waals surface area contributed by atoms with Gasteiger partial charge in [-0.2, -0.15) is 0 Å². The maximum atomic E-state index is 12.2. The Hall–Kier alpha value is -1.96. The summed E-state index contributed by atoms with van der Waals surface area (Å²) in [5.74, 6) is -1.40. The van der Waals surface area contributed by atoms with Crippen LogP contribution in [-0.4, -0.2) is 50.6 Å². The summed E-state index contributed by atoms with van der Waals surface area (Å²) in [6.45, 7) is 8.13. The average molecular weight is 295 g/mol. The second-order valence-corrected chi connectivity index (χ2v) is 6.41. The minimum Gasteiger partial charge on any atom is -0.481 e. The Morgan fingerprint density at radius 1 is 1.38 bits per heavy atom. The van der Waals surface area contributed by atoms with Gasteiger partial charge in [0.2, 0.25) is 0 Å². The Bertz CT molecular complexity index is 560. The predicted molar refractivity (Wildman–Crippen MR) is 74.9 cm³/mol. The van der Waals surface area contributed by atoms with Crippen molar-refractivity contribution in [2.24, 2.45) is 5.41 Å². The minimum absolute atomic E-state index is 0.191. The lowest BCUT2D eigenvalue weighted by Gasteiger charge is -2.38. The van der Waals surface area contributed by atoms with E-state index < -0.39 is 22.8 Å². The quantitative estimate of drug-likeness (QED) is 0.707. The number of aromatic nitrogens is 3. The van der Waals surface area contributed by atoms with Crippen LogP contribution in [0.3, 0.4) is 0 Å². The molecule has 1 fully saturated rings. The molecule has 1 aromatic heterocycles. The molecular formula is C13H21N5O3. The summed E-state index contributed by atoms with van der Waals surface area (Å²) in [4.78, 5) is 23.6. The summed E-state index contributed by atoms with van der Waals surface area (Å²) in [5, 5.41) is 22.9. The number of carboxylic acid groups (broad SMARTS) is 1. The number of nitrogens with one attached hydrogen (secondary N) is 2. The van der Waals surface area contributed by atoms with Crippen molar-refractivity contribution in [1.29, 1.82) is 0 Å². The zero-order chi connectivity index (χ0) is 15.8. The normalized spacial score (nSPS) is 16.4. The average Bonchev–Trinajstić information content (AvgIpc) is 2.74. The molecular weight excluding hydrogens is 274 g/mol. The van der Waals surface area contributed by atoms with Gasteiger partial charge in [-0.25, -0.2) is 4.68 Å². The molecule has 0 aliphatic carbocycles. The molecule has 0 aromatic carbocycles. The highest BCUT2D eigenvalue weighted by molar-refractivity contribution is 5.93. The third-order valence-electron chi connectivity index (χ3n) is 4.40. The SMILES string of the molecule is CC(C)(NC(=O)c1cn(C2CNC2)nn1)C(C)(C)C(=O)O. The van der Waals surface area contributed by atoms with Crippen LogP contribution in [0.1, 0.15) is 44.2 Å². The third-order valence-corrected chi connectivity index (χ3v) is 4.40. The monoisotopic (exact) mass is 295 g/mol. The van der Waals surface area contributed by atoms with Crippen LogP contribution in [0, 0.1) is 5.41 Å². The smallest absolute Gasteiger partial charge is 0.311 e. The summed E-state index contributed by atoms with van der Waals surface area (Å²) in [6.07, 6.45) is 1.59. The molecule has 0 spiro atoms. The number of hydrogen-bond acceptors (Lipinski definition) is 5. The summed E-state index contributed by atoms with van der Waals surface area (Å²) in [6, 6.07) is 0.225. The fraction of sp³-hybridized carbons (Fsp3) is 0.692. The molecule has 3 N–H and O–H groups in total. The van der Waals surface area contributed by atoms with E-state index in [-0.39, 0.29) is 11.7 Å². The molecule has 1 saturated heterocycles. The van der Waals surface area contributed by atoms with Gasteiger partial charge in [0.15, 0.2) is 5.69 Å². The molecule has 8 nitrogen and oxygen atoms in total. The number of carbonyl (C=O) groups excluding carboxylic acids is 1. The third kappa shape index (κ3) is 2.76. The zero-order valence-electron chi connectivity index (χ0n) is 12.7. The zero-order valence-corrected chi connectivity index (χ0v) is 12.7. The van der Waals surface area contributed by atoms with Gasteiger partial charge in [0, 0.05) is 13.1 Å². The van der Waals surface area contributed by atoms with Gasteiger partial charge in [0.25, 0.3) is 5.91 Å². The first kappa shape index (κ1) is 15.4. The highest BCUT2D eigenvalue weighted by Gasteiger charge is 2.44. The lowest BCUT2D eigenvalue weighted by atomic mass is 9.74. The van der Waals surface area contributed by atoms with Crippen molar-refractivity contribution in [2.75, 3.05) is 13.1 Å². The van der Waals surface area contributed by atoms with Gasteiger partial charge in [-0.3, -0.25) is 9.59 Å². The van der Waals surface area contributed by atoms with Gasteiger partial charge in [-0.1, -0.05) is 5.21 Å². The summed E-state index contributed by atoms with van der Waals surface area (Å²) in [7, 11) is 0. The van der Waals surface area contributed by atoms with Crippen molar-refractivity contribution in [2.45, 2.75) is 39.3 Å². The van der Waals surface area contributed by atoms with Gasteiger partial charge < -0.3 is 15.7 Å². The number of carboxylic acids is 1. The van der Waals surface area contributed by atoms with Crippen molar-refractivity contribution in [3.05, 3.63) is 11.9 Å².